The van der Waals surface area contributed by atoms with Gasteiger partial charge >= 0.3 is 0 Å². The van der Waals surface area contributed by atoms with E-state index in [9.17, 15) is 0 Å². The van der Waals surface area contributed by atoms with E-state index in [2.05, 4.69) is 27.7 Å². The lowest BCUT2D eigenvalue weighted by Gasteiger charge is -2.10. The molecule has 0 nitrogen and oxygen atoms in total. The molecule has 2 atom stereocenters. The first kappa shape index (κ1) is 8.10. The van der Waals surface area contributed by atoms with Crippen LogP contribution < -0.4 is 0 Å². The van der Waals surface area contributed by atoms with E-state index in [1.54, 1.807) is 0 Å². The molecule has 0 heterocycles. The Balaban J connectivity index is 2.25. The minimum atomic E-state index is 0.689. The summed E-state index contributed by atoms with van der Waals surface area (Å²) in [5, 5.41) is 0. The van der Waals surface area contributed by atoms with Gasteiger partial charge < -0.3 is 0 Å². The van der Waals surface area contributed by atoms with Crippen LogP contribution in [0.4, 0.5) is 0 Å². The second-order valence-electron chi connectivity index (χ2n) is 4.57. The van der Waals surface area contributed by atoms with Crippen molar-refractivity contribution in [2.24, 2.45) is 17.3 Å². The van der Waals surface area contributed by atoms with E-state index in [1.807, 2.05) is 0 Å². The van der Waals surface area contributed by atoms with Crippen molar-refractivity contribution in [1.29, 1.82) is 0 Å². The lowest BCUT2D eigenvalue weighted by Crippen LogP contribution is -2.01. The van der Waals surface area contributed by atoms with Gasteiger partial charge in [0.05, 0.1) is 0 Å². The molecule has 0 aromatic heterocycles. The van der Waals surface area contributed by atoms with Crippen LogP contribution in [0, 0.1) is 17.3 Å². The highest BCUT2D eigenvalue weighted by Crippen LogP contribution is 2.56. The fraction of sp³-hybridized carbons (Fsp3) is 1.00. The van der Waals surface area contributed by atoms with Crippen LogP contribution in [0.1, 0.15) is 47.0 Å². The molecule has 0 radical (unpaired) electrons. The molecule has 1 rings (SSSR count). The largest absolute Gasteiger partial charge is 0.0654 e. The van der Waals surface area contributed by atoms with Gasteiger partial charge in [-0.1, -0.05) is 40.5 Å². The van der Waals surface area contributed by atoms with Crippen molar-refractivity contribution >= 4 is 0 Å². The zero-order chi connectivity index (χ0) is 7.78. The zero-order valence-electron chi connectivity index (χ0n) is 7.78. The summed E-state index contributed by atoms with van der Waals surface area (Å²) < 4.78 is 0. The summed E-state index contributed by atoms with van der Waals surface area (Å²) in [6.07, 6.45) is 4.25. The van der Waals surface area contributed by atoms with Crippen molar-refractivity contribution in [3.63, 3.8) is 0 Å². The highest BCUT2D eigenvalue weighted by atomic mass is 14.5. The van der Waals surface area contributed by atoms with Crippen LogP contribution in [0.15, 0.2) is 0 Å². The Bertz CT molecular complexity index is 113. The molecule has 1 fully saturated rings. The molecule has 0 bridgehead atoms. The van der Waals surface area contributed by atoms with Gasteiger partial charge in [-0.3, -0.25) is 0 Å². The van der Waals surface area contributed by atoms with Crippen LogP contribution in [-0.2, 0) is 0 Å². The van der Waals surface area contributed by atoms with Crippen molar-refractivity contribution in [1.82, 2.24) is 0 Å². The molecule has 1 aliphatic rings. The van der Waals surface area contributed by atoms with Gasteiger partial charge in [-0.05, 0) is 23.7 Å². The molecule has 1 aliphatic carbocycles. The van der Waals surface area contributed by atoms with Crippen LogP contribution in [0.2, 0.25) is 0 Å². The summed E-state index contributed by atoms with van der Waals surface area (Å²) in [5.41, 5.74) is 0.689. The molecular weight excluding hydrogens is 120 g/mol. The Kier molecular flexibility index (Phi) is 2.07. The van der Waals surface area contributed by atoms with Crippen molar-refractivity contribution in [3.05, 3.63) is 0 Å². The van der Waals surface area contributed by atoms with Crippen LogP contribution in [-0.4, -0.2) is 0 Å². The summed E-state index contributed by atoms with van der Waals surface area (Å²) in [4.78, 5) is 0. The van der Waals surface area contributed by atoms with Crippen molar-refractivity contribution < 1.29 is 0 Å². The normalized spacial score (nSPS) is 31.8. The van der Waals surface area contributed by atoms with Crippen molar-refractivity contribution in [2.75, 3.05) is 0 Å². The van der Waals surface area contributed by atoms with E-state index >= 15 is 0 Å². The molecule has 60 valence electrons. The zero-order valence-corrected chi connectivity index (χ0v) is 7.78. The van der Waals surface area contributed by atoms with Crippen LogP contribution >= 0.6 is 0 Å². The second-order valence-corrected chi connectivity index (χ2v) is 4.57. The molecule has 0 heteroatoms. The van der Waals surface area contributed by atoms with Gasteiger partial charge in [-0.15, -0.1) is 0 Å². The smallest absolute Gasteiger partial charge is 0.0320 e. The van der Waals surface area contributed by atoms with Crippen LogP contribution in [0.5, 0.6) is 0 Å². The fourth-order valence-electron chi connectivity index (χ4n) is 2.14. The van der Waals surface area contributed by atoms with Gasteiger partial charge in [-0.2, -0.15) is 0 Å². The lowest BCUT2D eigenvalue weighted by molar-refractivity contribution is 0.396. The molecule has 0 spiro atoms. The summed E-state index contributed by atoms with van der Waals surface area (Å²) in [6.45, 7) is 9.47. The first-order valence-electron chi connectivity index (χ1n) is 4.58. The number of rotatable bonds is 3. The van der Waals surface area contributed by atoms with E-state index in [1.165, 1.54) is 19.3 Å². The maximum absolute atomic E-state index is 2.41. The third-order valence-electron chi connectivity index (χ3n) is 3.02. The highest BCUT2D eigenvalue weighted by Gasteiger charge is 2.47. The molecule has 0 aliphatic heterocycles. The summed E-state index contributed by atoms with van der Waals surface area (Å²) >= 11 is 0. The quantitative estimate of drug-likeness (QED) is 0.563. The SMILES string of the molecule is CCCC(C)C1CC1(C)C. The first-order chi connectivity index (χ1) is 4.58. The van der Waals surface area contributed by atoms with Gasteiger partial charge in [0.15, 0.2) is 0 Å². The second kappa shape index (κ2) is 2.56. The summed E-state index contributed by atoms with van der Waals surface area (Å²) in [6, 6.07) is 0. The predicted molar refractivity (Wildman–Crippen MR) is 46.0 cm³/mol. The van der Waals surface area contributed by atoms with Crippen LogP contribution in [0.25, 0.3) is 0 Å². The highest BCUT2D eigenvalue weighted by molar-refractivity contribution is 4.97. The minimum Gasteiger partial charge on any atom is -0.0654 e. The van der Waals surface area contributed by atoms with Gasteiger partial charge in [0.1, 0.15) is 0 Å². The monoisotopic (exact) mass is 140 g/mol. The van der Waals surface area contributed by atoms with E-state index in [0.717, 1.165) is 11.8 Å². The lowest BCUT2D eigenvalue weighted by atomic mass is 9.95. The third kappa shape index (κ3) is 1.53. The van der Waals surface area contributed by atoms with Crippen LogP contribution in [0.3, 0.4) is 0 Å². The number of hydrogen-bond donors (Lipinski definition) is 0. The Hall–Kier alpha value is 0. The molecular formula is C10H20. The van der Waals surface area contributed by atoms with E-state index < -0.39 is 0 Å². The Morgan fingerprint density at radius 2 is 2.00 bits per heavy atom. The molecule has 1 saturated carbocycles. The number of hydrogen-bond acceptors (Lipinski definition) is 0. The summed E-state index contributed by atoms with van der Waals surface area (Å²) in [5.74, 6) is 2.01. The molecule has 2 unspecified atom stereocenters. The topological polar surface area (TPSA) is 0 Å². The standard InChI is InChI=1S/C10H20/c1-5-6-8(2)9-7-10(9,3)4/h8-9H,5-7H2,1-4H3. The third-order valence-corrected chi connectivity index (χ3v) is 3.02. The molecule has 0 saturated heterocycles. The van der Waals surface area contributed by atoms with Gasteiger partial charge in [-0.25, -0.2) is 0 Å². The fourth-order valence-corrected chi connectivity index (χ4v) is 2.14. The average Bonchev–Trinajstić information content (AvgIpc) is 2.41. The first-order valence-corrected chi connectivity index (χ1v) is 4.58. The maximum Gasteiger partial charge on any atom is -0.0320 e. The van der Waals surface area contributed by atoms with Gasteiger partial charge in [0.2, 0.25) is 0 Å². The predicted octanol–water partition coefficient (Wildman–Crippen LogP) is 3.47. The van der Waals surface area contributed by atoms with E-state index in [0.29, 0.717) is 5.41 Å². The average molecular weight is 140 g/mol. The molecule has 0 N–H and O–H groups in total. The molecule has 0 aromatic rings. The Morgan fingerprint density at radius 1 is 1.50 bits per heavy atom. The maximum atomic E-state index is 2.41. The molecule has 10 heavy (non-hydrogen) atoms. The molecule has 0 aromatic carbocycles. The van der Waals surface area contributed by atoms with E-state index in [-0.39, 0.29) is 0 Å². The minimum absolute atomic E-state index is 0.689. The van der Waals surface area contributed by atoms with Gasteiger partial charge in [0, 0.05) is 0 Å². The Labute approximate surface area is 65.0 Å². The Morgan fingerprint density at radius 3 is 2.30 bits per heavy atom. The van der Waals surface area contributed by atoms with Crippen molar-refractivity contribution in [2.45, 2.75) is 47.0 Å². The van der Waals surface area contributed by atoms with Crippen molar-refractivity contribution in [3.8, 4) is 0 Å². The van der Waals surface area contributed by atoms with E-state index in [4.69, 9.17) is 0 Å². The van der Waals surface area contributed by atoms with Gasteiger partial charge in [0.25, 0.3) is 0 Å². The summed E-state index contributed by atoms with van der Waals surface area (Å²) in [7, 11) is 0. The molecule has 0 amide bonds.